The highest BCUT2D eigenvalue weighted by Gasteiger charge is 2.27. The first-order valence-electron chi connectivity index (χ1n) is 9.40. The van der Waals surface area contributed by atoms with Crippen molar-refractivity contribution in [1.29, 1.82) is 0 Å². The Bertz CT molecular complexity index is 297. The lowest BCUT2D eigenvalue weighted by atomic mass is 10.1. The average Bonchev–Trinajstić information content (AvgIpc) is 2.56. The lowest BCUT2D eigenvalue weighted by Crippen LogP contribution is -2.53. The van der Waals surface area contributed by atoms with Gasteiger partial charge in [-0.1, -0.05) is 52.9 Å². The number of nitrogens with zero attached hydrogens (tertiary/aromatic N) is 1. The van der Waals surface area contributed by atoms with Crippen LogP contribution in [0.4, 0.5) is 4.79 Å². The van der Waals surface area contributed by atoms with Gasteiger partial charge in [0, 0.05) is 25.7 Å². The van der Waals surface area contributed by atoms with Crippen LogP contribution < -0.4 is 5.32 Å². The molecule has 1 aliphatic rings. The Hall–Kier alpha value is -0.770. The Morgan fingerprint density at radius 1 is 1.18 bits per heavy atom. The van der Waals surface area contributed by atoms with Crippen LogP contribution in [-0.2, 0) is 4.74 Å². The number of piperazine rings is 1. The first-order valence-corrected chi connectivity index (χ1v) is 9.40. The van der Waals surface area contributed by atoms with E-state index in [-0.39, 0.29) is 18.2 Å². The molecule has 4 heteroatoms. The van der Waals surface area contributed by atoms with Crippen molar-refractivity contribution in [1.82, 2.24) is 10.2 Å². The second kappa shape index (κ2) is 11.8. The van der Waals surface area contributed by atoms with Gasteiger partial charge in [-0.3, -0.25) is 0 Å². The van der Waals surface area contributed by atoms with E-state index in [1.165, 1.54) is 38.5 Å². The van der Waals surface area contributed by atoms with Crippen LogP contribution in [0.1, 0.15) is 78.6 Å². The topological polar surface area (TPSA) is 41.6 Å². The van der Waals surface area contributed by atoms with Crippen LogP contribution in [0.25, 0.3) is 0 Å². The quantitative estimate of drug-likeness (QED) is 0.610. The molecule has 0 aromatic rings. The van der Waals surface area contributed by atoms with Gasteiger partial charge in [0.1, 0.15) is 6.10 Å². The Labute approximate surface area is 137 Å². The maximum Gasteiger partial charge on any atom is 0.410 e. The predicted octanol–water partition coefficient (Wildman–Crippen LogP) is 4.34. The molecule has 0 radical (unpaired) electrons. The van der Waals surface area contributed by atoms with E-state index in [4.69, 9.17) is 4.74 Å². The molecule has 130 valence electrons. The molecule has 1 aliphatic heterocycles. The molecule has 2 unspecified atom stereocenters. The van der Waals surface area contributed by atoms with Crippen molar-refractivity contribution in [3.63, 3.8) is 0 Å². The van der Waals surface area contributed by atoms with Crippen molar-refractivity contribution in [2.24, 2.45) is 0 Å². The fourth-order valence-electron chi connectivity index (χ4n) is 3.08. The molecule has 1 amide bonds. The van der Waals surface area contributed by atoms with Gasteiger partial charge in [-0.2, -0.15) is 0 Å². The smallest absolute Gasteiger partial charge is 0.410 e. The molecule has 1 N–H and O–H groups in total. The van der Waals surface area contributed by atoms with Gasteiger partial charge in [0.15, 0.2) is 0 Å². The van der Waals surface area contributed by atoms with E-state index in [9.17, 15) is 4.79 Å². The van der Waals surface area contributed by atoms with E-state index in [0.717, 1.165) is 38.9 Å². The Kier molecular flexibility index (Phi) is 10.3. The van der Waals surface area contributed by atoms with Crippen molar-refractivity contribution in [2.75, 3.05) is 19.6 Å². The Balaban J connectivity index is 2.27. The number of amides is 1. The summed E-state index contributed by atoms with van der Waals surface area (Å²) in [5.74, 6) is 0. The molecule has 0 bridgehead atoms. The van der Waals surface area contributed by atoms with Crippen LogP contribution in [0.3, 0.4) is 0 Å². The normalized spacial score (nSPS) is 20.0. The SMILES string of the molecule is CCCCCCCCC(CC)OC(=O)N1CCNCC1CC. The number of nitrogens with one attached hydrogen (secondary N) is 1. The summed E-state index contributed by atoms with van der Waals surface area (Å²) in [4.78, 5) is 14.3. The standard InChI is InChI=1S/C18H36N2O2/c1-4-7-8-9-10-11-12-17(6-3)22-18(21)20-14-13-19-15-16(20)5-2/h16-17,19H,4-15H2,1-3H3. The van der Waals surface area contributed by atoms with E-state index in [1.54, 1.807) is 0 Å². The third kappa shape index (κ3) is 6.99. The maximum absolute atomic E-state index is 12.4. The van der Waals surface area contributed by atoms with Gasteiger partial charge in [-0.15, -0.1) is 0 Å². The lowest BCUT2D eigenvalue weighted by Gasteiger charge is -2.35. The summed E-state index contributed by atoms with van der Waals surface area (Å²) in [6.07, 6.45) is 10.6. The van der Waals surface area contributed by atoms with E-state index >= 15 is 0 Å². The molecule has 0 aromatic heterocycles. The third-order valence-corrected chi connectivity index (χ3v) is 4.66. The van der Waals surface area contributed by atoms with Crippen LogP contribution >= 0.6 is 0 Å². The number of hydrogen-bond donors (Lipinski definition) is 1. The average molecular weight is 312 g/mol. The molecule has 1 rings (SSSR count). The van der Waals surface area contributed by atoms with Gasteiger partial charge in [0.05, 0.1) is 0 Å². The number of hydrogen-bond acceptors (Lipinski definition) is 3. The third-order valence-electron chi connectivity index (χ3n) is 4.66. The Morgan fingerprint density at radius 3 is 2.59 bits per heavy atom. The highest BCUT2D eigenvalue weighted by molar-refractivity contribution is 5.68. The van der Waals surface area contributed by atoms with Gasteiger partial charge < -0.3 is 15.0 Å². The second-order valence-corrected chi connectivity index (χ2v) is 6.43. The molecule has 22 heavy (non-hydrogen) atoms. The van der Waals surface area contributed by atoms with Gasteiger partial charge >= 0.3 is 6.09 Å². The molecular formula is C18H36N2O2. The lowest BCUT2D eigenvalue weighted by molar-refractivity contribution is 0.0386. The van der Waals surface area contributed by atoms with Crippen molar-refractivity contribution < 1.29 is 9.53 Å². The summed E-state index contributed by atoms with van der Waals surface area (Å²) < 4.78 is 5.76. The second-order valence-electron chi connectivity index (χ2n) is 6.43. The van der Waals surface area contributed by atoms with Gasteiger partial charge in [-0.05, 0) is 25.7 Å². The summed E-state index contributed by atoms with van der Waals surface area (Å²) in [5.41, 5.74) is 0. The minimum Gasteiger partial charge on any atom is -0.446 e. The van der Waals surface area contributed by atoms with Crippen molar-refractivity contribution in [3.05, 3.63) is 0 Å². The number of rotatable bonds is 10. The van der Waals surface area contributed by atoms with Crippen LogP contribution in [-0.4, -0.2) is 42.8 Å². The summed E-state index contributed by atoms with van der Waals surface area (Å²) in [7, 11) is 0. The number of carbonyl (C=O) groups excluding carboxylic acids is 1. The fourth-order valence-corrected chi connectivity index (χ4v) is 3.08. The molecule has 0 aromatic carbocycles. The maximum atomic E-state index is 12.4. The monoisotopic (exact) mass is 312 g/mol. The number of unbranched alkanes of at least 4 members (excludes halogenated alkanes) is 5. The van der Waals surface area contributed by atoms with Crippen molar-refractivity contribution in [3.8, 4) is 0 Å². The molecule has 1 fully saturated rings. The zero-order valence-corrected chi connectivity index (χ0v) is 14.9. The van der Waals surface area contributed by atoms with E-state index < -0.39 is 0 Å². The van der Waals surface area contributed by atoms with E-state index in [0.29, 0.717) is 0 Å². The number of carbonyl (C=O) groups is 1. The minimum absolute atomic E-state index is 0.0890. The van der Waals surface area contributed by atoms with E-state index in [1.807, 2.05) is 4.90 Å². The van der Waals surface area contributed by atoms with Gasteiger partial charge in [-0.25, -0.2) is 4.79 Å². The molecular weight excluding hydrogens is 276 g/mol. The van der Waals surface area contributed by atoms with Gasteiger partial charge in [0.25, 0.3) is 0 Å². The number of ether oxygens (including phenoxy) is 1. The van der Waals surface area contributed by atoms with Crippen molar-refractivity contribution in [2.45, 2.75) is 90.7 Å². The predicted molar refractivity (Wildman–Crippen MR) is 92.2 cm³/mol. The van der Waals surface area contributed by atoms with Crippen molar-refractivity contribution >= 4 is 6.09 Å². The van der Waals surface area contributed by atoms with Crippen LogP contribution in [0, 0.1) is 0 Å². The molecule has 1 heterocycles. The molecule has 1 saturated heterocycles. The first-order chi connectivity index (χ1) is 10.7. The first kappa shape index (κ1) is 19.3. The Morgan fingerprint density at radius 2 is 1.91 bits per heavy atom. The van der Waals surface area contributed by atoms with E-state index in [2.05, 4.69) is 26.1 Å². The summed E-state index contributed by atoms with van der Waals surface area (Å²) >= 11 is 0. The van der Waals surface area contributed by atoms with Crippen LogP contribution in [0.15, 0.2) is 0 Å². The summed E-state index contributed by atoms with van der Waals surface area (Å²) in [6.45, 7) is 9.02. The molecule has 0 aliphatic carbocycles. The zero-order chi connectivity index (χ0) is 16.2. The zero-order valence-electron chi connectivity index (χ0n) is 14.9. The highest BCUT2D eigenvalue weighted by Crippen LogP contribution is 2.16. The molecule has 0 saturated carbocycles. The fraction of sp³-hybridized carbons (Fsp3) is 0.944. The van der Waals surface area contributed by atoms with Gasteiger partial charge in [0.2, 0.25) is 0 Å². The largest absolute Gasteiger partial charge is 0.446 e. The highest BCUT2D eigenvalue weighted by atomic mass is 16.6. The minimum atomic E-state index is -0.105. The van der Waals surface area contributed by atoms with Crippen LogP contribution in [0.2, 0.25) is 0 Å². The summed E-state index contributed by atoms with van der Waals surface area (Å²) in [5, 5.41) is 3.35. The molecule has 0 spiro atoms. The molecule has 4 nitrogen and oxygen atoms in total. The summed E-state index contributed by atoms with van der Waals surface area (Å²) in [6, 6.07) is 0.285. The van der Waals surface area contributed by atoms with Crippen LogP contribution in [0.5, 0.6) is 0 Å². The molecule has 2 atom stereocenters.